The van der Waals surface area contributed by atoms with Gasteiger partial charge in [-0.3, -0.25) is 9.59 Å². The zero-order valence-electron chi connectivity index (χ0n) is 16.2. The molecule has 1 saturated heterocycles. The van der Waals surface area contributed by atoms with Crippen LogP contribution < -0.4 is 4.72 Å². The second-order valence-electron chi connectivity index (χ2n) is 7.11. The highest BCUT2D eigenvalue weighted by molar-refractivity contribution is 7.90. The number of aryl methyl sites for hydroxylation is 2. The highest BCUT2D eigenvalue weighted by Gasteiger charge is 2.51. The highest BCUT2D eigenvalue weighted by Crippen LogP contribution is 2.36. The van der Waals surface area contributed by atoms with Gasteiger partial charge in [-0.2, -0.15) is 13.2 Å². The van der Waals surface area contributed by atoms with E-state index in [2.05, 4.69) is 5.16 Å². The smallest absolute Gasteiger partial charge is 0.361 e. The molecule has 0 radical (unpaired) electrons. The van der Waals surface area contributed by atoms with Crippen LogP contribution in [-0.2, 0) is 21.0 Å². The van der Waals surface area contributed by atoms with Crippen molar-refractivity contribution in [3.8, 4) is 0 Å². The second kappa shape index (κ2) is 7.11. The van der Waals surface area contributed by atoms with Crippen LogP contribution in [0.5, 0.6) is 0 Å². The van der Waals surface area contributed by atoms with Gasteiger partial charge in [0.25, 0.3) is 21.8 Å². The maximum absolute atomic E-state index is 13.2. The van der Waals surface area contributed by atoms with E-state index >= 15 is 0 Å². The van der Waals surface area contributed by atoms with Gasteiger partial charge in [0, 0.05) is 6.54 Å². The third-order valence-corrected chi connectivity index (χ3v) is 6.50. The van der Waals surface area contributed by atoms with Crippen LogP contribution >= 0.6 is 0 Å². The number of carbonyl (C=O) groups excluding carboxylic acids is 2. The van der Waals surface area contributed by atoms with Crippen LogP contribution in [0.15, 0.2) is 33.7 Å². The molecule has 1 aliphatic heterocycles. The third kappa shape index (κ3) is 3.55. The zero-order valence-corrected chi connectivity index (χ0v) is 17.0. The van der Waals surface area contributed by atoms with Gasteiger partial charge in [-0.25, -0.2) is 13.1 Å². The van der Waals surface area contributed by atoms with Gasteiger partial charge in [0.15, 0.2) is 0 Å². The Bertz CT molecular complexity index is 1110. The summed E-state index contributed by atoms with van der Waals surface area (Å²) in [4.78, 5) is 25.6. The summed E-state index contributed by atoms with van der Waals surface area (Å²) in [5.74, 6) is -1.45. The molecule has 1 N–H and O–H groups in total. The zero-order chi connectivity index (χ0) is 22.5. The molecule has 8 nitrogen and oxygen atoms in total. The van der Waals surface area contributed by atoms with Crippen LogP contribution in [0.1, 0.15) is 40.7 Å². The molecule has 1 aromatic heterocycles. The van der Waals surface area contributed by atoms with Crippen molar-refractivity contribution >= 4 is 21.8 Å². The molecule has 1 atom stereocenters. The largest absolute Gasteiger partial charge is 0.417 e. The summed E-state index contributed by atoms with van der Waals surface area (Å²) in [7, 11) is -4.84. The number of alkyl halides is 3. The van der Waals surface area contributed by atoms with Gasteiger partial charge in [0.1, 0.15) is 16.9 Å². The van der Waals surface area contributed by atoms with Gasteiger partial charge < -0.3 is 9.42 Å². The number of benzene rings is 1. The van der Waals surface area contributed by atoms with Gasteiger partial charge in [0.2, 0.25) is 0 Å². The minimum atomic E-state index is -4.93. The molecular formula is C18H18F3N3O5S. The molecule has 30 heavy (non-hydrogen) atoms. The molecule has 0 saturated carbocycles. The summed E-state index contributed by atoms with van der Waals surface area (Å²) in [6.07, 6.45) is -4.80. The number of hydrogen-bond acceptors (Lipinski definition) is 6. The number of nitrogens with zero attached hydrogens (tertiary/aromatic N) is 2. The Morgan fingerprint density at radius 2 is 1.87 bits per heavy atom. The molecule has 2 aromatic rings. The van der Waals surface area contributed by atoms with Gasteiger partial charge in [-0.15, -0.1) is 0 Å². The van der Waals surface area contributed by atoms with Crippen molar-refractivity contribution in [1.29, 1.82) is 0 Å². The topological polar surface area (TPSA) is 110 Å². The number of hydrogen-bond donors (Lipinski definition) is 1. The molecule has 0 bridgehead atoms. The van der Waals surface area contributed by atoms with E-state index in [-0.39, 0.29) is 24.3 Å². The first-order valence-electron chi connectivity index (χ1n) is 8.77. The molecule has 2 amide bonds. The fraction of sp³-hybridized carbons (Fsp3) is 0.389. The van der Waals surface area contributed by atoms with Crippen molar-refractivity contribution < 1.29 is 35.7 Å². The quantitative estimate of drug-likeness (QED) is 0.774. The lowest BCUT2D eigenvalue weighted by atomic mass is 9.85. The summed E-state index contributed by atoms with van der Waals surface area (Å²) in [6.45, 7) is 4.56. The summed E-state index contributed by atoms with van der Waals surface area (Å²) in [5, 5.41) is 3.68. The lowest BCUT2D eigenvalue weighted by Gasteiger charge is -2.48. The Morgan fingerprint density at radius 3 is 2.37 bits per heavy atom. The molecule has 12 heteroatoms. The maximum atomic E-state index is 13.2. The Balaban J connectivity index is 1.88. The normalized spacial score (nSPS) is 19.3. The average Bonchev–Trinajstić information content (AvgIpc) is 2.97. The predicted molar refractivity (Wildman–Crippen MR) is 96.8 cm³/mol. The van der Waals surface area contributed by atoms with Crippen molar-refractivity contribution in [2.45, 2.75) is 43.8 Å². The van der Waals surface area contributed by atoms with E-state index < -0.39 is 44.0 Å². The van der Waals surface area contributed by atoms with Gasteiger partial charge in [0.05, 0.1) is 16.2 Å². The number of aromatic nitrogens is 1. The Labute approximate surface area is 170 Å². The first-order chi connectivity index (χ1) is 13.8. The number of likely N-dealkylation sites (tertiary alicyclic amines) is 1. The van der Waals surface area contributed by atoms with Gasteiger partial charge in [-0.05, 0) is 39.3 Å². The average molecular weight is 445 g/mol. The molecule has 3 rings (SSSR count). The summed E-state index contributed by atoms with van der Waals surface area (Å²) in [6, 6.07) is 3.53. The van der Waals surface area contributed by atoms with Crippen molar-refractivity contribution in [3.63, 3.8) is 0 Å². The number of carbonyl (C=O) groups is 2. The van der Waals surface area contributed by atoms with Crippen LogP contribution in [0.4, 0.5) is 13.2 Å². The molecule has 2 heterocycles. The third-order valence-electron chi connectivity index (χ3n) is 5.11. The monoisotopic (exact) mass is 445 g/mol. The van der Waals surface area contributed by atoms with E-state index in [0.717, 1.165) is 23.1 Å². The van der Waals surface area contributed by atoms with E-state index in [4.69, 9.17) is 4.52 Å². The van der Waals surface area contributed by atoms with E-state index in [1.54, 1.807) is 11.6 Å². The fourth-order valence-electron chi connectivity index (χ4n) is 3.27. The van der Waals surface area contributed by atoms with Crippen LogP contribution in [-0.4, -0.2) is 42.4 Å². The maximum Gasteiger partial charge on any atom is 0.417 e. The van der Waals surface area contributed by atoms with E-state index in [1.165, 1.54) is 13.8 Å². The molecule has 0 aliphatic carbocycles. The number of halogens is 3. The second-order valence-corrected chi connectivity index (χ2v) is 8.76. The van der Waals surface area contributed by atoms with Crippen LogP contribution in [0.25, 0.3) is 0 Å². The lowest BCUT2D eigenvalue weighted by Crippen LogP contribution is -2.67. The first kappa shape index (κ1) is 21.8. The lowest BCUT2D eigenvalue weighted by molar-refractivity contribution is -0.140. The molecule has 1 aliphatic rings. The fourth-order valence-corrected chi connectivity index (χ4v) is 4.57. The van der Waals surface area contributed by atoms with Crippen LogP contribution in [0.3, 0.4) is 0 Å². The summed E-state index contributed by atoms with van der Waals surface area (Å²) >= 11 is 0. The number of nitrogens with one attached hydrogen (secondary N) is 1. The molecular weight excluding hydrogens is 427 g/mol. The van der Waals surface area contributed by atoms with E-state index in [1.807, 2.05) is 0 Å². The van der Waals surface area contributed by atoms with Crippen LogP contribution in [0, 0.1) is 13.8 Å². The Kier molecular flexibility index (Phi) is 5.17. The van der Waals surface area contributed by atoms with Crippen molar-refractivity contribution in [3.05, 3.63) is 46.8 Å². The van der Waals surface area contributed by atoms with Crippen molar-refractivity contribution in [1.82, 2.24) is 14.8 Å². The molecule has 0 spiro atoms. The summed E-state index contributed by atoms with van der Waals surface area (Å²) < 4.78 is 71.3. The minimum Gasteiger partial charge on any atom is -0.361 e. The Morgan fingerprint density at radius 1 is 1.23 bits per heavy atom. The molecule has 1 unspecified atom stereocenters. The minimum absolute atomic E-state index is 0.129. The highest BCUT2D eigenvalue weighted by atomic mass is 32.2. The van der Waals surface area contributed by atoms with Crippen molar-refractivity contribution in [2.75, 3.05) is 6.54 Å². The van der Waals surface area contributed by atoms with Gasteiger partial charge in [-0.1, -0.05) is 17.3 Å². The first-order valence-corrected chi connectivity index (χ1v) is 10.3. The molecule has 162 valence electrons. The number of amides is 2. The van der Waals surface area contributed by atoms with Gasteiger partial charge >= 0.3 is 6.18 Å². The number of sulfonamides is 1. The van der Waals surface area contributed by atoms with Crippen LogP contribution in [0.2, 0.25) is 0 Å². The van der Waals surface area contributed by atoms with E-state index in [9.17, 15) is 31.2 Å². The summed E-state index contributed by atoms with van der Waals surface area (Å²) in [5.41, 5.74) is -2.50. The standard InChI is InChI=1S/C18H18F3N3O5S/c1-10-14(11(2)29-22-10)15(25)24-9-8-17(24,3)16(26)23-30(27,28)13-7-5-4-6-12(13)18(19,20)21/h4-7H,8-9H2,1-3H3,(H,23,26). The molecule has 1 fully saturated rings. The molecule has 1 aromatic carbocycles. The number of rotatable bonds is 4. The van der Waals surface area contributed by atoms with E-state index in [0.29, 0.717) is 11.8 Å². The Hall–Kier alpha value is -2.89. The van der Waals surface area contributed by atoms with Crippen molar-refractivity contribution in [2.24, 2.45) is 0 Å². The predicted octanol–water partition coefficient (Wildman–Crippen LogP) is 2.42. The SMILES string of the molecule is Cc1noc(C)c1C(=O)N1CCC1(C)C(=O)NS(=O)(=O)c1ccccc1C(F)(F)F.